The van der Waals surface area contributed by atoms with Gasteiger partial charge < -0.3 is 20.1 Å². The minimum absolute atomic E-state index is 0.0336. The quantitative estimate of drug-likeness (QED) is 0.698. The van der Waals surface area contributed by atoms with Crippen molar-refractivity contribution in [1.29, 1.82) is 0 Å². The number of nitrogens with one attached hydrogen (secondary N) is 1. The Hall–Kier alpha value is -1.84. The minimum atomic E-state index is -5.16. The van der Waals surface area contributed by atoms with Gasteiger partial charge in [-0.25, -0.2) is 4.79 Å². The Morgan fingerprint density at radius 3 is 2.25 bits per heavy atom. The number of hydrogen-bond donors (Lipinski definition) is 2. The number of piperidine rings is 1. The summed E-state index contributed by atoms with van der Waals surface area (Å²) < 4.78 is 44.0. The van der Waals surface area contributed by atoms with Crippen molar-refractivity contribution < 1.29 is 37.4 Å². The summed E-state index contributed by atoms with van der Waals surface area (Å²) in [5.41, 5.74) is -0.781. The second-order valence-corrected chi connectivity index (χ2v) is 8.95. The zero-order chi connectivity index (χ0) is 21.2. The Bertz CT molecular complexity index is 704. The van der Waals surface area contributed by atoms with Crippen molar-refractivity contribution in [2.24, 2.45) is 17.3 Å². The van der Waals surface area contributed by atoms with Gasteiger partial charge in [0, 0.05) is 12.5 Å². The van der Waals surface area contributed by atoms with Gasteiger partial charge in [-0.1, -0.05) is 13.8 Å². The topological polar surface area (TPSA) is 95.9 Å². The fourth-order valence-electron chi connectivity index (χ4n) is 4.39. The standard InChI is InChI=1S/C18H25F3N2O5/c1-8(28-17(4)5-6-17)11(22-15(27)18(19,20)21)13(24)23-7-9-10(16(9,2)3)12(23)14(25)26/h8-12H,5-7H2,1-4H3,(H,22,27)(H,25,26)/t8-,9+,10+,11+,12+/m1/s1. The number of ether oxygens (including phenoxy) is 1. The third kappa shape index (κ3) is 3.58. The zero-order valence-corrected chi connectivity index (χ0v) is 16.2. The van der Waals surface area contributed by atoms with Crippen molar-refractivity contribution in [2.45, 2.75) is 70.5 Å². The van der Waals surface area contributed by atoms with E-state index in [9.17, 15) is 32.7 Å². The van der Waals surface area contributed by atoms with Gasteiger partial charge in [0.05, 0.1) is 11.7 Å². The predicted molar refractivity (Wildman–Crippen MR) is 90.1 cm³/mol. The lowest BCUT2D eigenvalue weighted by Crippen LogP contribution is -2.59. The smallest absolute Gasteiger partial charge is 0.471 e. The van der Waals surface area contributed by atoms with Crippen LogP contribution in [-0.4, -0.2) is 64.3 Å². The number of alkyl halides is 3. The molecule has 5 atom stereocenters. The van der Waals surface area contributed by atoms with E-state index in [1.807, 2.05) is 13.8 Å². The summed E-state index contributed by atoms with van der Waals surface area (Å²) in [4.78, 5) is 37.4. The zero-order valence-electron chi connectivity index (χ0n) is 16.2. The normalized spacial score (nSPS) is 31.5. The third-order valence-electron chi connectivity index (χ3n) is 6.45. The van der Waals surface area contributed by atoms with E-state index in [1.165, 1.54) is 6.92 Å². The Morgan fingerprint density at radius 1 is 1.21 bits per heavy atom. The molecule has 0 unspecified atom stereocenters. The van der Waals surface area contributed by atoms with E-state index in [-0.39, 0.29) is 23.8 Å². The van der Waals surface area contributed by atoms with Crippen LogP contribution in [0.2, 0.25) is 0 Å². The number of halogens is 3. The highest BCUT2D eigenvalue weighted by molar-refractivity contribution is 5.93. The Labute approximate surface area is 160 Å². The lowest BCUT2D eigenvalue weighted by Gasteiger charge is -2.34. The number of fused-ring (bicyclic) bond motifs is 1. The van der Waals surface area contributed by atoms with Crippen molar-refractivity contribution in [3.8, 4) is 0 Å². The van der Waals surface area contributed by atoms with Crippen molar-refractivity contribution >= 4 is 17.8 Å². The maximum Gasteiger partial charge on any atom is 0.471 e. The fraction of sp³-hybridized carbons (Fsp3) is 0.833. The molecule has 1 heterocycles. The summed E-state index contributed by atoms with van der Waals surface area (Å²) in [6.45, 7) is 7.13. The van der Waals surface area contributed by atoms with Crippen molar-refractivity contribution in [2.75, 3.05) is 6.54 Å². The summed E-state index contributed by atoms with van der Waals surface area (Å²) in [5, 5.41) is 11.3. The molecule has 0 aromatic carbocycles. The lowest BCUT2D eigenvalue weighted by atomic mass is 9.99. The van der Waals surface area contributed by atoms with Crippen LogP contribution in [-0.2, 0) is 19.1 Å². The first-order valence-corrected chi connectivity index (χ1v) is 9.28. The second kappa shape index (κ2) is 6.33. The number of aliphatic carboxylic acids is 1. The average molecular weight is 406 g/mol. The number of nitrogens with zero attached hydrogens (tertiary/aromatic N) is 1. The minimum Gasteiger partial charge on any atom is -0.480 e. The molecular formula is C18H25F3N2O5. The van der Waals surface area contributed by atoms with Crippen molar-refractivity contribution in [3.63, 3.8) is 0 Å². The van der Waals surface area contributed by atoms with E-state index in [1.54, 1.807) is 12.2 Å². The molecule has 3 rings (SSSR count). The number of amides is 2. The third-order valence-corrected chi connectivity index (χ3v) is 6.45. The Morgan fingerprint density at radius 2 is 1.79 bits per heavy atom. The monoisotopic (exact) mass is 406 g/mol. The van der Waals surface area contributed by atoms with Crippen molar-refractivity contribution in [3.05, 3.63) is 0 Å². The Balaban J connectivity index is 1.81. The summed E-state index contributed by atoms with van der Waals surface area (Å²) in [7, 11) is 0. The van der Waals surface area contributed by atoms with Crippen molar-refractivity contribution in [1.82, 2.24) is 10.2 Å². The SMILES string of the molecule is C[C@@H](OC1(C)CC1)[C@H](NC(=O)C(F)(F)F)C(=O)N1C[C@H]2[C@@H]([C@H]1C(=O)O)C2(C)C. The molecule has 7 nitrogen and oxygen atoms in total. The molecule has 158 valence electrons. The summed E-state index contributed by atoms with van der Waals surface area (Å²) in [6, 6.07) is -2.74. The number of hydrogen-bond acceptors (Lipinski definition) is 4. The highest BCUT2D eigenvalue weighted by Gasteiger charge is 2.70. The van der Waals surface area contributed by atoms with Crippen LogP contribution in [0.4, 0.5) is 13.2 Å². The maximum atomic E-state index is 13.0. The van der Waals surface area contributed by atoms with E-state index < -0.39 is 47.7 Å². The first kappa shape index (κ1) is 20.9. The number of carboxylic acids is 1. The van der Waals surface area contributed by atoms with Gasteiger partial charge in [0.15, 0.2) is 0 Å². The maximum absolute atomic E-state index is 13.0. The van der Waals surface area contributed by atoms with Gasteiger partial charge in [0.25, 0.3) is 0 Å². The first-order chi connectivity index (χ1) is 12.7. The fourth-order valence-corrected chi connectivity index (χ4v) is 4.39. The largest absolute Gasteiger partial charge is 0.480 e. The van der Waals surface area contributed by atoms with E-state index in [0.717, 1.165) is 4.90 Å². The summed E-state index contributed by atoms with van der Waals surface area (Å²) >= 11 is 0. The number of likely N-dealkylation sites (tertiary alicyclic amines) is 1. The van der Waals surface area contributed by atoms with Crippen LogP contribution in [0.15, 0.2) is 0 Å². The van der Waals surface area contributed by atoms with Crippen LogP contribution in [0.5, 0.6) is 0 Å². The molecule has 0 spiro atoms. The van der Waals surface area contributed by atoms with Gasteiger partial charge in [0.1, 0.15) is 12.1 Å². The second-order valence-electron chi connectivity index (χ2n) is 8.95. The van der Waals surface area contributed by atoms with Gasteiger partial charge in [0.2, 0.25) is 5.91 Å². The van der Waals surface area contributed by atoms with Crippen LogP contribution in [0.1, 0.15) is 40.5 Å². The molecule has 1 saturated heterocycles. The highest BCUT2D eigenvalue weighted by atomic mass is 19.4. The summed E-state index contributed by atoms with van der Waals surface area (Å²) in [6.07, 6.45) is -4.80. The van der Waals surface area contributed by atoms with E-state index in [2.05, 4.69) is 0 Å². The molecular weight excluding hydrogens is 381 g/mol. The van der Waals surface area contributed by atoms with Crippen LogP contribution in [0, 0.1) is 17.3 Å². The van der Waals surface area contributed by atoms with Gasteiger partial charge in [-0.3, -0.25) is 9.59 Å². The predicted octanol–water partition coefficient (Wildman–Crippen LogP) is 1.56. The lowest BCUT2D eigenvalue weighted by molar-refractivity contribution is -0.177. The number of carboxylic acid groups (broad SMARTS) is 1. The van der Waals surface area contributed by atoms with Gasteiger partial charge in [-0.2, -0.15) is 13.2 Å². The van der Waals surface area contributed by atoms with Crippen LogP contribution < -0.4 is 5.32 Å². The molecule has 2 N–H and O–H groups in total. The van der Waals surface area contributed by atoms with E-state index >= 15 is 0 Å². The molecule has 3 aliphatic rings. The molecule has 1 aliphatic heterocycles. The van der Waals surface area contributed by atoms with E-state index in [4.69, 9.17) is 4.74 Å². The number of carbonyl (C=O) groups excluding carboxylic acids is 2. The molecule has 0 aromatic rings. The van der Waals surface area contributed by atoms with Crippen LogP contribution in [0.3, 0.4) is 0 Å². The van der Waals surface area contributed by atoms with E-state index in [0.29, 0.717) is 12.8 Å². The van der Waals surface area contributed by atoms with Crippen LogP contribution >= 0.6 is 0 Å². The Kier molecular flexibility index (Phi) is 4.72. The van der Waals surface area contributed by atoms with Gasteiger partial charge >= 0.3 is 18.1 Å². The van der Waals surface area contributed by atoms with Crippen LogP contribution in [0.25, 0.3) is 0 Å². The molecule has 0 radical (unpaired) electrons. The molecule has 10 heteroatoms. The molecule has 0 aromatic heterocycles. The molecule has 28 heavy (non-hydrogen) atoms. The van der Waals surface area contributed by atoms with Gasteiger partial charge in [-0.15, -0.1) is 0 Å². The number of rotatable bonds is 6. The molecule has 2 amide bonds. The molecule has 0 bridgehead atoms. The summed E-state index contributed by atoms with van der Waals surface area (Å²) in [5.74, 6) is -4.60. The van der Waals surface area contributed by atoms with Gasteiger partial charge in [-0.05, 0) is 38.0 Å². The molecule has 3 fully saturated rings. The highest BCUT2D eigenvalue weighted by Crippen LogP contribution is 2.64. The molecule has 2 aliphatic carbocycles. The average Bonchev–Trinajstić information content (AvgIpc) is 3.31. The first-order valence-electron chi connectivity index (χ1n) is 9.28. The molecule has 2 saturated carbocycles. The number of carbonyl (C=O) groups is 3.